The van der Waals surface area contributed by atoms with E-state index >= 15 is 0 Å². The number of nitrogen functional groups attached to an aromatic ring is 1. The van der Waals surface area contributed by atoms with Gasteiger partial charge >= 0.3 is 0 Å². The van der Waals surface area contributed by atoms with Crippen LogP contribution < -0.4 is 11.1 Å². The highest BCUT2D eigenvalue weighted by Gasteiger charge is 2.20. The van der Waals surface area contributed by atoms with Crippen LogP contribution in [0, 0.1) is 0 Å². The van der Waals surface area contributed by atoms with Gasteiger partial charge in [0.05, 0.1) is 11.9 Å². The number of amides is 1. The van der Waals surface area contributed by atoms with Gasteiger partial charge in [0.15, 0.2) is 11.5 Å². The maximum absolute atomic E-state index is 11.9. The number of hydrogen-bond donors (Lipinski definition) is 2. The molecule has 1 aromatic carbocycles. The molecule has 0 atom stereocenters. The largest absolute Gasteiger partial charge is 0.414 e. The predicted octanol–water partition coefficient (Wildman–Crippen LogP) is 2.52. The van der Waals surface area contributed by atoms with Gasteiger partial charge in [-0.05, 0) is 36.7 Å². The van der Waals surface area contributed by atoms with Gasteiger partial charge in [0, 0.05) is 31.6 Å². The molecule has 9 heteroatoms. The summed E-state index contributed by atoms with van der Waals surface area (Å²) in [5.74, 6) is 0.989. The standard InChI is InChI=1S/C22H25N7O2/c1-3-18(30)29-10-8-15(9-11-29)17-13-25-20(23)19(26-17)22-28-27-21(31-22)16-6-4-14(5-7-16)12-24-2/h4-8,13,24H,3,9-12H2,1-2H3,(H2,23,25). The Morgan fingerprint density at radius 2 is 2.00 bits per heavy atom. The van der Waals surface area contributed by atoms with Crippen molar-refractivity contribution in [3.8, 4) is 23.0 Å². The van der Waals surface area contributed by atoms with E-state index in [2.05, 4.69) is 25.5 Å². The maximum atomic E-state index is 11.9. The van der Waals surface area contributed by atoms with Crippen LogP contribution in [-0.2, 0) is 11.3 Å². The molecular weight excluding hydrogens is 394 g/mol. The van der Waals surface area contributed by atoms with Crippen LogP contribution in [0.5, 0.6) is 0 Å². The molecule has 3 N–H and O–H groups in total. The van der Waals surface area contributed by atoms with Crippen LogP contribution >= 0.6 is 0 Å². The predicted molar refractivity (Wildman–Crippen MR) is 117 cm³/mol. The average Bonchev–Trinajstić information content (AvgIpc) is 3.30. The summed E-state index contributed by atoms with van der Waals surface area (Å²) in [6.07, 6.45) is 4.86. The molecule has 0 bridgehead atoms. The van der Waals surface area contributed by atoms with Gasteiger partial charge in [0.2, 0.25) is 11.8 Å². The van der Waals surface area contributed by atoms with Gasteiger partial charge in [0.25, 0.3) is 5.89 Å². The molecule has 1 aliphatic rings. The van der Waals surface area contributed by atoms with E-state index in [0.717, 1.165) is 23.2 Å². The highest BCUT2D eigenvalue weighted by molar-refractivity contribution is 5.78. The zero-order valence-electron chi connectivity index (χ0n) is 17.6. The molecule has 0 fully saturated rings. The minimum Gasteiger partial charge on any atom is -0.414 e. The number of nitrogens with two attached hydrogens (primary N) is 1. The fourth-order valence-corrected chi connectivity index (χ4v) is 3.47. The van der Waals surface area contributed by atoms with E-state index in [1.165, 1.54) is 0 Å². The number of carbonyl (C=O) groups excluding carboxylic acids is 1. The van der Waals surface area contributed by atoms with E-state index in [4.69, 9.17) is 10.2 Å². The molecule has 31 heavy (non-hydrogen) atoms. The summed E-state index contributed by atoms with van der Waals surface area (Å²) >= 11 is 0. The first kappa shape index (κ1) is 20.7. The zero-order valence-corrected chi connectivity index (χ0v) is 17.6. The molecule has 0 radical (unpaired) electrons. The second kappa shape index (κ2) is 9.05. The summed E-state index contributed by atoms with van der Waals surface area (Å²) in [5, 5.41) is 11.4. The Labute approximate surface area is 180 Å². The van der Waals surface area contributed by atoms with Crippen LogP contribution in [-0.4, -0.2) is 51.1 Å². The van der Waals surface area contributed by atoms with Crippen molar-refractivity contribution in [1.82, 2.24) is 30.4 Å². The molecule has 160 valence electrons. The highest BCUT2D eigenvalue weighted by atomic mass is 16.4. The number of nitrogens with zero attached hydrogens (tertiary/aromatic N) is 5. The molecule has 0 saturated heterocycles. The second-order valence-electron chi connectivity index (χ2n) is 7.30. The number of anilines is 1. The number of benzene rings is 1. The van der Waals surface area contributed by atoms with E-state index in [9.17, 15) is 4.79 Å². The van der Waals surface area contributed by atoms with Gasteiger partial charge in [-0.25, -0.2) is 9.97 Å². The van der Waals surface area contributed by atoms with Crippen LogP contribution in [0.4, 0.5) is 5.82 Å². The van der Waals surface area contributed by atoms with E-state index in [1.54, 1.807) is 6.20 Å². The first-order valence-corrected chi connectivity index (χ1v) is 10.3. The quantitative estimate of drug-likeness (QED) is 0.625. The molecule has 0 aliphatic carbocycles. The van der Waals surface area contributed by atoms with Crippen molar-refractivity contribution in [3.63, 3.8) is 0 Å². The molecule has 0 unspecified atom stereocenters. The fourth-order valence-electron chi connectivity index (χ4n) is 3.47. The third-order valence-electron chi connectivity index (χ3n) is 5.20. The van der Waals surface area contributed by atoms with E-state index in [1.807, 2.05) is 49.2 Å². The third kappa shape index (κ3) is 4.46. The molecule has 0 saturated carbocycles. The fraction of sp³-hybridized carbons (Fsp3) is 0.318. The number of carbonyl (C=O) groups is 1. The molecule has 0 spiro atoms. The molecule has 1 aliphatic heterocycles. The molecule has 2 aromatic heterocycles. The summed E-state index contributed by atoms with van der Waals surface area (Å²) in [6, 6.07) is 7.89. The molecule has 3 aromatic rings. The normalized spacial score (nSPS) is 13.9. The van der Waals surface area contributed by atoms with Crippen molar-refractivity contribution >= 4 is 17.3 Å². The topological polar surface area (TPSA) is 123 Å². The number of aromatic nitrogens is 4. The lowest BCUT2D eigenvalue weighted by Gasteiger charge is -2.26. The van der Waals surface area contributed by atoms with Gasteiger partial charge in [-0.3, -0.25) is 4.79 Å². The summed E-state index contributed by atoms with van der Waals surface area (Å²) in [6.45, 7) is 3.88. The Bertz CT molecular complexity index is 1110. The van der Waals surface area contributed by atoms with Crippen molar-refractivity contribution in [2.24, 2.45) is 0 Å². The minimum atomic E-state index is 0.150. The monoisotopic (exact) mass is 419 g/mol. The lowest BCUT2D eigenvalue weighted by atomic mass is 10.0. The maximum Gasteiger partial charge on any atom is 0.270 e. The van der Waals surface area contributed by atoms with E-state index < -0.39 is 0 Å². The number of nitrogens with one attached hydrogen (secondary N) is 1. The summed E-state index contributed by atoms with van der Waals surface area (Å²) in [4.78, 5) is 22.6. The molecular formula is C22H25N7O2. The smallest absolute Gasteiger partial charge is 0.270 e. The van der Waals surface area contributed by atoms with Gasteiger partial charge in [-0.2, -0.15) is 0 Å². The zero-order chi connectivity index (χ0) is 21.8. The van der Waals surface area contributed by atoms with Crippen molar-refractivity contribution in [2.45, 2.75) is 26.3 Å². The number of rotatable bonds is 6. The van der Waals surface area contributed by atoms with Gasteiger partial charge < -0.3 is 20.4 Å². The van der Waals surface area contributed by atoms with E-state index in [-0.39, 0.29) is 17.6 Å². The summed E-state index contributed by atoms with van der Waals surface area (Å²) in [5.41, 5.74) is 10.1. The Morgan fingerprint density at radius 1 is 1.23 bits per heavy atom. The van der Waals surface area contributed by atoms with Gasteiger partial charge in [-0.1, -0.05) is 25.1 Å². The molecule has 4 rings (SSSR count). The highest BCUT2D eigenvalue weighted by Crippen LogP contribution is 2.28. The van der Waals surface area contributed by atoms with Crippen LogP contribution in [0.15, 0.2) is 41.0 Å². The Balaban J connectivity index is 1.57. The SMILES string of the molecule is CCC(=O)N1CC=C(c2cnc(N)c(-c3nnc(-c4ccc(CNC)cc4)o3)n2)CC1. The second-order valence-corrected chi connectivity index (χ2v) is 7.30. The van der Waals surface area contributed by atoms with E-state index in [0.29, 0.717) is 43.2 Å². The Kier molecular flexibility index (Phi) is 6.03. The van der Waals surface area contributed by atoms with Crippen LogP contribution in [0.1, 0.15) is 31.0 Å². The summed E-state index contributed by atoms with van der Waals surface area (Å²) < 4.78 is 5.85. The van der Waals surface area contributed by atoms with Crippen molar-refractivity contribution in [2.75, 3.05) is 25.9 Å². The molecule has 9 nitrogen and oxygen atoms in total. The molecule has 3 heterocycles. The third-order valence-corrected chi connectivity index (χ3v) is 5.20. The average molecular weight is 419 g/mol. The first-order valence-electron chi connectivity index (χ1n) is 10.3. The Hall–Kier alpha value is -3.59. The van der Waals surface area contributed by atoms with Crippen molar-refractivity contribution in [3.05, 3.63) is 47.8 Å². The van der Waals surface area contributed by atoms with Crippen LogP contribution in [0.25, 0.3) is 28.6 Å². The van der Waals surface area contributed by atoms with Crippen LogP contribution in [0.3, 0.4) is 0 Å². The minimum absolute atomic E-state index is 0.150. The molecule has 1 amide bonds. The first-order chi connectivity index (χ1) is 15.1. The van der Waals surface area contributed by atoms with Crippen molar-refractivity contribution < 1.29 is 9.21 Å². The van der Waals surface area contributed by atoms with Crippen molar-refractivity contribution in [1.29, 1.82) is 0 Å². The lowest BCUT2D eigenvalue weighted by Crippen LogP contribution is -2.34. The Morgan fingerprint density at radius 3 is 2.68 bits per heavy atom. The van der Waals surface area contributed by atoms with Gasteiger partial charge in [0.1, 0.15) is 0 Å². The van der Waals surface area contributed by atoms with Gasteiger partial charge in [-0.15, -0.1) is 10.2 Å². The number of hydrogen-bond acceptors (Lipinski definition) is 8. The lowest BCUT2D eigenvalue weighted by molar-refractivity contribution is -0.130. The summed E-state index contributed by atoms with van der Waals surface area (Å²) in [7, 11) is 1.90. The van der Waals surface area contributed by atoms with Crippen LogP contribution in [0.2, 0.25) is 0 Å².